The van der Waals surface area contributed by atoms with Gasteiger partial charge in [0.2, 0.25) is 0 Å². The highest BCUT2D eigenvalue weighted by Crippen LogP contribution is 2.46. The Morgan fingerprint density at radius 3 is 2.58 bits per heavy atom. The zero-order valence-corrected chi connectivity index (χ0v) is 18.2. The Bertz CT molecular complexity index is 1340. The van der Waals surface area contributed by atoms with E-state index in [1.807, 2.05) is 12.1 Å². The summed E-state index contributed by atoms with van der Waals surface area (Å²) in [6, 6.07) is 18.4. The third kappa shape index (κ3) is 3.66. The van der Waals surface area contributed by atoms with Crippen molar-refractivity contribution < 1.29 is 24.1 Å². The number of hydrogen-bond donors (Lipinski definition) is 2. The average molecular weight is 445 g/mol. The van der Waals surface area contributed by atoms with Crippen LogP contribution < -0.4 is 0 Å². The number of halogens is 1. The summed E-state index contributed by atoms with van der Waals surface area (Å²) < 4.78 is 21.5. The van der Waals surface area contributed by atoms with Crippen LogP contribution in [0.3, 0.4) is 0 Å². The average Bonchev–Trinajstić information content (AvgIpc) is 3.47. The molecule has 0 saturated carbocycles. The second-order valence-electron chi connectivity index (χ2n) is 8.54. The molecule has 33 heavy (non-hydrogen) atoms. The lowest BCUT2D eigenvalue weighted by atomic mass is 9.86. The Balaban J connectivity index is 1.88. The highest BCUT2D eigenvalue weighted by Gasteiger charge is 2.32. The van der Waals surface area contributed by atoms with E-state index >= 15 is 0 Å². The molecule has 2 heterocycles. The predicted molar refractivity (Wildman–Crippen MR) is 125 cm³/mol. The normalized spacial score (nSPS) is 16.8. The molecule has 5 rings (SSSR count). The van der Waals surface area contributed by atoms with E-state index in [4.69, 9.17) is 4.74 Å². The Morgan fingerprint density at radius 1 is 1.12 bits per heavy atom. The number of ether oxygens (including phenoxy) is 1. The van der Waals surface area contributed by atoms with Crippen LogP contribution in [0.15, 0.2) is 66.7 Å². The van der Waals surface area contributed by atoms with Gasteiger partial charge in [-0.1, -0.05) is 25.1 Å². The molecule has 168 valence electrons. The van der Waals surface area contributed by atoms with Gasteiger partial charge in [-0.05, 0) is 66.4 Å². The maximum absolute atomic E-state index is 13.8. The van der Waals surface area contributed by atoms with Crippen molar-refractivity contribution in [2.24, 2.45) is 5.92 Å². The fraction of sp³-hybridized carbons (Fsp3) is 0.222. The Kier molecular flexibility index (Phi) is 5.38. The van der Waals surface area contributed by atoms with E-state index < -0.39 is 5.97 Å². The minimum atomic E-state index is -1.01. The maximum Gasteiger partial charge on any atom is 0.335 e. The number of phenolic OH excluding ortho intramolecular Hbond substituents is 1. The topological polar surface area (TPSA) is 71.7 Å². The van der Waals surface area contributed by atoms with Crippen molar-refractivity contribution in [3.8, 4) is 22.6 Å². The number of carboxylic acids is 1. The van der Waals surface area contributed by atoms with Crippen molar-refractivity contribution in [2.75, 3.05) is 13.2 Å². The molecule has 1 saturated heterocycles. The van der Waals surface area contributed by atoms with Crippen LogP contribution in [0.2, 0.25) is 0 Å². The maximum atomic E-state index is 13.8. The van der Waals surface area contributed by atoms with Crippen LogP contribution >= 0.6 is 0 Å². The molecule has 0 amide bonds. The van der Waals surface area contributed by atoms with Crippen molar-refractivity contribution in [1.82, 2.24) is 4.57 Å². The number of nitrogens with zero attached hydrogens (tertiary/aromatic N) is 1. The van der Waals surface area contributed by atoms with Gasteiger partial charge in [0.05, 0.1) is 17.7 Å². The zero-order valence-electron chi connectivity index (χ0n) is 18.2. The molecule has 2 N–H and O–H groups in total. The molecule has 5 nitrogen and oxygen atoms in total. The Labute approximate surface area is 190 Å². The lowest BCUT2D eigenvalue weighted by molar-refractivity contribution is 0.0697. The van der Waals surface area contributed by atoms with Gasteiger partial charge in [0.15, 0.2) is 0 Å². The van der Waals surface area contributed by atoms with Crippen molar-refractivity contribution >= 4 is 16.9 Å². The van der Waals surface area contributed by atoms with Crippen molar-refractivity contribution in [3.63, 3.8) is 0 Å². The molecule has 1 aliphatic rings. The summed E-state index contributed by atoms with van der Waals surface area (Å²) in [5.41, 5.74) is 4.16. The second-order valence-corrected chi connectivity index (χ2v) is 8.54. The monoisotopic (exact) mass is 445 g/mol. The van der Waals surface area contributed by atoms with Crippen LogP contribution in [0.1, 0.15) is 35.3 Å². The van der Waals surface area contributed by atoms with Gasteiger partial charge in [-0.3, -0.25) is 0 Å². The second kappa shape index (κ2) is 8.37. The number of benzene rings is 3. The molecule has 0 spiro atoms. The molecular formula is C27H24FNO4. The molecule has 0 radical (unpaired) electrons. The standard InChI is InChI=1S/C27H24FNO4/c1-16(19-12-13-33-15-19)26-24(17-4-2-5-18(14-17)27(31)32)25-22(6-3-7-23(25)30)29(26)21-10-8-20(28)9-11-21/h2-11,14,16,19,30H,12-13,15H2,1H3,(H,31,32). The molecule has 0 aliphatic carbocycles. The van der Waals surface area contributed by atoms with Crippen LogP contribution in [-0.4, -0.2) is 34.0 Å². The number of aromatic nitrogens is 1. The molecule has 3 aromatic carbocycles. The molecule has 0 bridgehead atoms. The number of fused-ring (bicyclic) bond motifs is 1. The van der Waals surface area contributed by atoms with E-state index in [0.29, 0.717) is 24.2 Å². The van der Waals surface area contributed by atoms with Gasteiger partial charge in [0, 0.05) is 34.9 Å². The lowest BCUT2D eigenvalue weighted by Crippen LogP contribution is -2.15. The number of aromatic hydroxyl groups is 1. The lowest BCUT2D eigenvalue weighted by Gasteiger charge is -2.23. The molecule has 1 fully saturated rings. The van der Waals surface area contributed by atoms with Gasteiger partial charge in [0.1, 0.15) is 11.6 Å². The van der Waals surface area contributed by atoms with E-state index in [1.54, 1.807) is 42.5 Å². The highest BCUT2D eigenvalue weighted by molar-refractivity contribution is 6.04. The number of hydrogen-bond acceptors (Lipinski definition) is 3. The number of carbonyl (C=O) groups is 1. The van der Waals surface area contributed by atoms with E-state index in [2.05, 4.69) is 11.5 Å². The summed E-state index contributed by atoms with van der Waals surface area (Å²) in [6.45, 7) is 3.46. The van der Waals surface area contributed by atoms with Crippen molar-refractivity contribution in [3.05, 3.63) is 83.8 Å². The summed E-state index contributed by atoms with van der Waals surface area (Å²) >= 11 is 0. The highest BCUT2D eigenvalue weighted by atomic mass is 19.1. The quantitative estimate of drug-likeness (QED) is 0.396. The first-order chi connectivity index (χ1) is 16.0. The van der Waals surface area contributed by atoms with Crippen molar-refractivity contribution in [1.29, 1.82) is 0 Å². The van der Waals surface area contributed by atoms with Gasteiger partial charge in [0.25, 0.3) is 0 Å². The molecular weight excluding hydrogens is 421 g/mol. The summed E-state index contributed by atoms with van der Waals surface area (Å²) in [5, 5.41) is 21.2. The smallest absolute Gasteiger partial charge is 0.335 e. The SMILES string of the molecule is CC(c1c(-c2cccc(C(=O)O)c2)c2c(O)cccc2n1-c1ccc(F)cc1)C1CCOC1. The minimum Gasteiger partial charge on any atom is -0.507 e. The van der Waals surface area contributed by atoms with E-state index in [-0.39, 0.29) is 29.0 Å². The molecule has 1 aromatic heterocycles. The van der Waals surface area contributed by atoms with E-state index in [1.165, 1.54) is 12.1 Å². The molecule has 2 unspecified atom stereocenters. The minimum absolute atomic E-state index is 0.0350. The van der Waals surface area contributed by atoms with Crippen LogP contribution in [0.4, 0.5) is 4.39 Å². The Morgan fingerprint density at radius 2 is 1.88 bits per heavy atom. The van der Waals surface area contributed by atoms with Crippen molar-refractivity contribution in [2.45, 2.75) is 19.3 Å². The fourth-order valence-electron chi connectivity index (χ4n) is 4.91. The number of rotatable bonds is 5. The van der Waals surface area contributed by atoms with Gasteiger partial charge in [-0.2, -0.15) is 0 Å². The Hall–Kier alpha value is -3.64. The molecule has 1 aliphatic heterocycles. The van der Waals surface area contributed by atoms with Gasteiger partial charge in [-0.25, -0.2) is 9.18 Å². The van der Waals surface area contributed by atoms with Gasteiger partial charge >= 0.3 is 5.97 Å². The largest absolute Gasteiger partial charge is 0.507 e. The molecule has 2 atom stereocenters. The van der Waals surface area contributed by atoms with Crippen LogP contribution in [0.5, 0.6) is 5.75 Å². The third-order valence-electron chi connectivity index (χ3n) is 6.59. The number of aromatic carboxylic acids is 1. The number of phenols is 1. The van der Waals surface area contributed by atoms with Crippen LogP contribution in [0.25, 0.3) is 27.7 Å². The number of carboxylic acid groups (broad SMARTS) is 1. The first kappa shape index (κ1) is 21.2. The van der Waals surface area contributed by atoms with Gasteiger partial charge in [-0.15, -0.1) is 0 Å². The zero-order chi connectivity index (χ0) is 23.1. The fourth-order valence-corrected chi connectivity index (χ4v) is 4.91. The van der Waals surface area contributed by atoms with Crippen LogP contribution in [-0.2, 0) is 4.74 Å². The summed E-state index contributed by atoms with van der Waals surface area (Å²) in [5.74, 6) is -0.932. The molecule has 4 aromatic rings. The van der Waals surface area contributed by atoms with Crippen LogP contribution in [0, 0.1) is 11.7 Å². The summed E-state index contributed by atoms with van der Waals surface area (Å²) in [4.78, 5) is 11.7. The first-order valence-electron chi connectivity index (χ1n) is 11.0. The van der Waals surface area contributed by atoms with Gasteiger partial charge < -0.3 is 19.5 Å². The summed E-state index contributed by atoms with van der Waals surface area (Å²) in [7, 11) is 0. The predicted octanol–water partition coefficient (Wildman–Crippen LogP) is 5.98. The summed E-state index contributed by atoms with van der Waals surface area (Å²) in [6.07, 6.45) is 0.909. The molecule has 6 heteroatoms. The van der Waals surface area contributed by atoms with E-state index in [9.17, 15) is 19.4 Å². The van der Waals surface area contributed by atoms with E-state index in [0.717, 1.165) is 28.9 Å². The first-order valence-corrected chi connectivity index (χ1v) is 11.0. The third-order valence-corrected chi connectivity index (χ3v) is 6.59.